The third kappa shape index (κ3) is 34.4. The molecule has 0 rings (SSSR count). The van der Waals surface area contributed by atoms with E-state index in [1.54, 1.807) is 0 Å². The lowest BCUT2D eigenvalue weighted by molar-refractivity contribution is -0.142. The molecule has 0 aliphatic rings. The number of carbonyl (C=O) groups excluding carboxylic acids is 4. The highest BCUT2D eigenvalue weighted by molar-refractivity contribution is 5.84. The van der Waals surface area contributed by atoms with E-state index in [1.807, 2.05) is 0 Å². The zero-order valence-electron chi connectivity index (χ0n) is 29.8. The van der Waals surface area contributed by atoms with Gasteiger partial charge in [-0.25, -0.2) is 9.59 Å². The molecule has 284 valence electrons. The van der Waals surface area contributed by atoms with Crippen molar-refractivity contribution in [3.63, 3.8) is 0 Å². The summed E-state index contributed by atoms with van der Waals surface area (Å²) in [6.07, 6.45) is 17.0. The number of carboxylic acid groups (broad SMARTS) is 2. The van der Waals surface area contributed by atoms with Gasteiger partial charge in [-0.15, -0.1) is 0 Å². The number of nitrogens with one attached hydrogen (secondary N) is 4. The molecule has 0 heterocycles. The predicted molar refractivity (Wildman–Crippen MR) is 186 cm³/mol. The lowest BCUT2D eigenvalue weighted by Crippen LogP contribution is -2.41. The van der Waals surface area contributed by atoms with Crippen molar-refractivity contribution >= 4 is 35.6 Å². The maximum Gasteiger partial charge on any atom is 0.326 e. The van der Waals surface area contributed by atoms with Gasteiger partial charge >= 0.3 is 18.0 Å². The van der Waals surface area contributed by atoms with Crippen LogP contribution in [0.3, 0.4) is 0 Å². The van der Waals surface area contributed by atoms with E-state index in [9.17, 15) is 33.9 Å². The summed E-state index contributed by atoms with van der Waals surface area (Å²) in [5.74, 6) is -2.52. The number of carbonyl (C=O) groups is 6. The van der Waals surface area contributed by atoms with Crippen LogP contribution in [0.1, 0.15) is 135 Å². The molecule has 0 aliphatic carbocycles. The number of amides is 4. The Morgan fingerprint density at radius 1 is 0.531 bits per heavy atom. The number of ketones is 1. The monoisotopic (exact) mass is 700 g/mol. The molecule has 0 saturated carbocycles. The second kappa shape index (κ2) is 33.2. The molecule has 0 aromatic rings. The molecule has 0 unspecified atom stereocenters. The number of unbranched alkanes of at least 4 members (excludes halogenated alkanes) is 14. The van der Waals surface area contributed by atoms with Crippen molar-refractivity contribution in [1.29, 1.82) is 0 Å². The summed E-state index contributed by atoms with van der Waals surface area (Å²) in [7, 11) is 0. The Labute approximate surface area is 292 Å². The third-order valence-corrected chi connectivity index (χ3v) is 7.76. The van der Waals surface area contributed by atoms with E-state index >= 15 is 0 Å². The van der Waals surface area contributed by atoms with Gasteiger partial charge in [0.2, 0.25) is 11.8 Å². The summed E-state index contributed by atoms with van der Waals surface area (Å²) in [6, 6.07) is -1.43. The second-order valence-corrected chi connectivity index (χ2v) is 12.4. The quantitative estimate of drug-likeness (QED) is 0.0511. The Balaban J connectivity index is 3.69. The first-order chi connectivity index (χ1) is 23.6. The lowest BCUT2D eigenvalue weighted by Gasteiger charge is -2.14. The van der Waals surface area contributed by atoms with Crippen molar-refractivity contribution in [3.05, 3.63) is 0 Å². The van der Waals surface area contributed by atoms with Crippen molar-refractivity contribution in [3.8, 4) is 0 Å². The maximum absolute atomic E-state index is 12.3. The molecule has 14 nitrogen and oxygen atoms in total. The number of carboxylic acids is 2. The molecule has 6 N–H and O–H groups in total. The van der Waals surface area contributed by atoms with Crippen molar-refractivity contribution < 1.29 is 48.5 Å². The summed E-state index contributed by atoms with van der Waals surface area (Å²) < 4.78 is 10.4. The van der Waals surface area contributed by atoms with Crippen molar-refractivity contribution in [2.45, 2.75) is 141 Å². The molecule has 0 aliphatic heterocycles. The standard InChI is InChI=1S/C35H64N4O10/c1-29(40)28-49-27-26-48-25-24-38-35(47)37-23-17-16-22-36-31(41)21-20-30(34(45)46)39-32(42)18-14-12-10-8-6-4-2-3-5-7-9-11-13-15-19-33(43)44/h30H,2-28H2,1H3,(H,36,41)(H,39,42)(H,43,44)(H,45,46)(H2,37,38,47)/t30-/m0/s1. The van der Waals surface area contributed by atoms with Crippen LogP contribution >= 0.6 is 0 Å². The van der Waals surface area contributed by atoms with Gasteiger partial charge in [0, 0.05) is 38.9 Å². The molecule has 1 atom stereocenters. The molecular formula is C35H64N4O10. The number of aliphatic carboxylic acids is 2. The van der Waals surface area contributed by atoms with Crippen LogP contribution in [0, 0.1) is 0 Å². The Bertz CT molecular complexity index is 919. The number of hydrogen-bond donors (Lipinski definition) is 6. The van der Waals surface area contributed by atoms with Gasteiger partial charge in [-0.3, -0.25) is 19.2 Å². The second-order valence-electron chi connectivity index (χ2n) is 12.4. The first kappa shape index (κ1) is 45.7. The minimum Gasteiger partial charge on any atom is -0.481 e. The van der Waals surface area contributed by atoms with Gasteiger partial charge in [0.1, 0.15) is 12.6 Å². The third-order valence-electron chi connectivity index (χ3n) is 7.76. The summed E-state index contributed by atoms with van der Waals surface area (Å²) >= 11 is 0. The SMILES string of the molecule is CC(=O)COCCOCCNC(=O)NCCCCNC(=O)CC[C@H](NC(=O)CCCCCCCCCCCCCCCCC(=O)O)C(=O)O. The molecule has 0 saturated heterocycles. The average molecular weight is 701 g/mol. The van der Waals surface area contributed by atoms with E-state index in [-0.39, 0.29) is 55.9 Å². The van der Waals surface area contributed by atoms with E-state index in [2.05, 4.69) is 21.3 Å². The highest BCUT2D eigenvalue weighted by Gasteiger charge is 2.20. The fourth-order valence-corrected chi connectivity index (χ4v) is 4.99. The van der Waals surface area contributed by atoms with Crippen LogP contribution < -0.4 is 21.3 Å². The van der Waals surface area contributed by atoms with Gasteiger partial charge in [-0.05, 0) is 39.0 Å². The summed E-state index contributed by atoms with van der Waals surface area (Å²) in [5, 5.41) is 28.8. The fourth-order valence-electron chi connectivity index (χ4n) is 4.99. The topological polar surface area (TPSA) is 209 Å². The van der Waals surface area contributed by atoms with E-state index in [0.717, 1.165) is 38.5 Å². The fraction of sp³-hybridized carbons (Fsp3) is 0.829. The highest BCUT2D eigenvalue weighted by Crippen LogP contribution is 2.14. The molecule has 14 heteroatoms. The van der Waals surface area contributed by atoms with Gasteiger partial charge in [-0.2, -0.15) is 0 Å². The van der Waals surface area contributed by atoms with Crippen LogP contribution in [0.5, 0.6) is 0 Å². The molecule has 0 fully saturated rings. The van der Waals surface area contributed by atoms with Gasteiger partial charge in [-0.1, -0.05) is 77.0 Å². The Hall–Kier alpha value is -3.26. The van der Waals surface area contributed by atoms with Gasteiger partial charge in [0.25, 0.3) is 0 Å². The smallest absolute Gasteiger partial charge is 0.326 e. The number of hydrogen-bond acceptors (Lipinski definition) is 8. The number of Topliss-reactive ketones (excluding diaryl/α,β-unsaturated/α-hetero) is 1. The average Bonchev–Trinajstić information content (AvgIpc) is 3.05. The van der Waals surface area contributed by atoms with Gasteiger partial charge in [0.05, 0.1) is 19.8 Å². The minimum absolute atomic E-state index is 0.0105. The van der Waals surface area contributed by atoms with Crippen LogP contribution in [0.4, 0.5) is 4.79 Å². The molecule has 0 radical (unpaired) electrons. The number of urea groups is 1. The Morgan fingerprint density at radius 2 is 1.02 bits per heavy atom. The Morgan fingerprint density at radius 3 is 1.55 bits per heavy atom. The lowest BCUT2D eigenvalue weighted by atomic mass is 10.0. The van der Waals surface area contributed by atoms with E-state index in [1.165, 1.54) is 51.9 Å². The molecule has 0 aromatic carbocycles. The predicted octanol–water partition coefficient (Wildman–Crippen LogP) is 4.48. The molecule has 0 bridgehead atoms. The molecule has 0 spiro atoms. The number of rotatable bonds is 35. The number of ether oxygens (including phenoxy) is 2. The Kier molecular flexibility index (Phi) is 31.0. The van der Waals surface area contributed by atoms with Gasteiger partial charge in [0.15, 0.2) is 5.78 Å². The molecule has 4 amide bonds. The maximum atomic E-state index is 12.3. The van der Waals surface area contributed by atoms with Crippen molar-refractivity contribution in [2.24, 2.45) is 0 Å². The molecular weight excluding hydrogens is 636 g/mol. The van der Waals surface area contributed by atoms with Crippen LogP contribution in [-0.2, 0) is 33.4 Å². The van der Waals surface area contributed by atoms with Gasteiger partial charge < -0.3 is 41.0 Å². The van der Waals surface area contributed by atoms with E-state index < -0.39 is 18.0 Å². The molecule has 49 heavy (non-hydrogen) atoms. The zero-order chi connectivity index (χ0) is 36.4. The van der Waals surface area contributed by atoms with Crippen molar-refractivity contribution in [1.82, 2.24) is 21.3 Å². The van der Waals surface area contributed by atoms with Crippen molar-refractivity contribution in [2.75, 3.05) is 46.1 Å². The summed E-state index contributed by atoms with van der Waals surface area (Å²) in [6.45, 7) is 3.62. The van der Waals surface area contributed by atoms with E-state index in [4.69, 9.17) is 14.6 Å². The van der Waals surface area contributed by atoms with Crippen LogP contribution in [0.25, 0.3) is 0 Å². The minimum atomic E-state index is -1.16. The van der Waals surface area contributed by atoms with Crippen LogP contribution in [0.15, 0.2) is 0 Å². The van der Waals surface area contributed by atoms with E-state index in [0.29, 0.717) is 58.7 Å². The first-order valence-electron chi connectivity index (χ1n) is 18.3. The largest absolute Gasteiger partial charge is 0.481 e. The molecule has 0 aromatic heterocycles. The zero-order valence-corrected chi connectivity index (χ0v) is 29.8. The van der Waals surface area contributed by atoms with Crippen LogP contribution in [0.2, 0.25) is 0 Å². The summed E-state index contributed by atoms with van der Waals surface area (Å²) in [5.41, 5.74) is 0. The van der Waals surface area contributed by atoms with Crippen LogP contribution in [-0.4, -0.2) is 97.9 Å². The normalized spacial score (nSPS) is 11.4. The highest BCUT2D eigenvalue weighted by atomic mass is 16.5. The summed E-state index contributed by atoms with van der Waals surface area (Å²) in [4.78, 5) is 69.0. The first-order valence-corrected chi connectivity index (χ1v) is 18.3.